The summed E-state index contributed by atoms with van der Waals surface area (Å²) in [7, 11) is 0. The number of carbonyl (C=O) groups excluding carboxylic acids is 1. The summed E-state index contributed by atoms with van der Waals surface area (Å²) in [4.78, 5) is 20.4. The number of aryl methyl sites for hydroxylation is 2. The molecule has 2 N–H and O–H groups in total. The molecule has 3 aromatic rings. The van der Waals surface area contributed by atoms with E-state index in [4.69, 9.17) is 4.42 Å². The van der Waals surface area contributed by atoms with Crippen molar-refractivity contribution in [2.24, 2.45) is 0 Å². The lowest BCUT2D eigenvalue weighted by Gasteiger charge is -2.18. The van der Waals surface area contributed by atoms with Gasteiger partial charge in [0.1, 0.15) is 5.75 Å². The number of pyridine rings is 1. The van der Waals surface area contributed by atoms with Crippen LogP contribution in [-0.4, -0.2) is 27.5 Å². The third-order valence-corrected chi connectivity index (χ3v) is 4.60. The minimum atomic E-state index is 0.0677. The van der Waals surface area contributed by atoms with E-state index in [0.29, 0.717) is 41.3 Å². The molecule has 1 aromatic carbocycles. The van der Waals surface area contributed by atoms with Gasteiger partial charge in [-0.2, -0.15) is 4.98 Å². The van der Waals surface area contributed by atoms with E-state index in [9.17, 15) is 9.90 Å². The van der Waals surface area contributed by atoms with Crippen molar-refractivity contribution in [1.82, 2.24) is 15.3 Å². The standard InChI is InChI=1S/C19H19N3O3/c1-10-7-11(2)17(14(23)8-10)13-4-5-15-18(21-13)22-19(25-15)12-3-6-16(24)20-9-12/h4-5,7-8,12,23H,3,6,9H2,1-2H3,(H,20,24)/t12-/m1/s1. The Morgan fingerprint density at radius 3 is 2.80 bits per heavy atom. The quantitative estimate of drug-likeness (QED) is 0.749. The number of carbonyl (C=O) groups is 1. The molecular formula is C19H19N3O3. The molecule has 3 heterocycles. The topological polar surface area (TPSA) is 88.3 Å². The van der Waals surface area contributed by atoms with Crippen molar-refractivity contribution in [3.63, 3.8) is 0 Å². The highest BCUT2D eigenvalue weighted by molar-refractivity contribution is 5.78. The number of aromatic hydroxyl groups is 1. The van der Waals surface area contributed by atoms with Crippen LogP contribution in [0.5, 0.6) is 5.75 Å². The molecule has 2 aromatic heterocycles. The number of piperidine rings is 1. The van der Waals surface area contributed by atoms with E-state index in [2.05, 4.69) is 15.3 Å². The lowest BCUT2D eigenvalue weighted by atomic mass is 9.99. The third kappa shape index (κ3) is 2.84. The predicted molar refractivity (Wildman–Crippen MR) is 93.4 cm³/mol. The highest BCUT2D eigenvalue weighted by Gasteiger charge is 2.24. The van der Waals surface area contributed by atoms with Gasteiger partial charge in [-0.25, -0.2) is 4.98 Å². The Bertz CT molecular complexity index is 944. The van der Waals surface area contributed by atoms with Crippen LogP contribution in [0, 0.1) is 13.8 Å². The van der Waals surface area contributed by atoms with Gasteiger partial charge in [0.15, 0.2) is 11.2 Å². The fraction of sp³-hybridized carbons (Fsp3) is 0.316. The Kier molecular flexibility index (Phi) is 3.67. The molecule has 1 aliphatic rings. The molecular weight excluding hydrogens is 318 g/mol. The number of hydrogen-bond donors (Lipinski definition) is 2. The molecule has 0 radical (unpaired) electrons. The van der Waals surface area contributed by atoms with Crippen LogP contribution in [0.3, 0.4) is 0 Å². The first-order valence-electron chi connectivity index (χ1n) is 8.36. The fourth-order valence-electron chi connectivity index (χ4n) is 3.37. The summed E-state index contributed by atoms with van der Waals surface area (Å²) in [5, 5.41) is 13.1. The molecule has 0 aliphatic carbocycles. The second kappa shape index (κ2) is 5.88. The SMILES string of the molecule is Cc1cc(C)c(-c2ccc3oc([C@@H]4CCC(=O)NC4)nc3n2)c(O)c1. The molecule has 4 rings (SSSR count). The Labute approximate surface area is 144 Å². The monoisotopic (exact) mass is 337 g/mol. The first kappa shape index (κ1) is 15.6. The third-order valence-electron chi connectivity index (χ3n) is 4.60. The molecule has 128 valence electrons. The first-order chi connectivity index (χ1) is 12.0. The summed E-state index contributed by atoms with van der Waals surface area (Å²) in [6, 6.07) is 7.40. The summed E-state index contributed by atoms with van der Waals surface area (Å²) in [5.74, 6) is 0.954. The van der Waals surface area contributed by atoms with E-state index in [0.717, 1.165) is 17.5 Å². The maximum Gasteiger partial charge on any atom is 0.220 e. The summed E-state index contributed by atoms with van der Waals surface area (Å²) in [6.07, 6.45) is 1.21. The van der Waals surface area contributed by atoms with Crippen LogP contribution >= 0.6 is 0 Å². The van der Waals surface area contributed by atoms with Gasteiger partial charge in [-0.05, 0) is 49.6 Å². The number of oxazole rings is 1. The summed E-state index contributed by atoms with van der Waals surface area (Å²) < 4.78 is 5.83. The molecule has 1 amide bonds. The molecule has 0 bridgehead atoms. The largest absolute Gasteiger partial charge is 0.507 e. The van der Waals surface area contributed by atoms with Crippen molar-refractivity contribution >= 4 is 17.1 Å². The maximum atomic E-state index is 11.3. The molecule has 1 atom stereocenters. The van der Waals surface area contributed by atoms with Gasteiger partial charge in [0.05, 0.1) is 11.6 Å². The number of hydrogen-bond acceptors (Lipinski definition) is 5. The Morgan fingerprint density at radius 1 is 1.24 bits per heavy atom. The van der Waals surface area contributed by atoms with Crippen LogP contribution in [0.1, 0.15) is 35.8 Å². The number of amides is 1. The molecule has 1 saturated heterocycles. The lowest BCUT2D eigenvalue weighted by molar-refractivity contribution is -0.122. The number of nitrogens with one attached hydrogen (secondary N) is 1. The van der Waals surface area contributed by atoms with Crippen LogP contribution in [0.2, 0.25) is 0 Å². The van der Waals surface area contributed by atoms with E-state index >= 15 is 0 Å². The average Bonchev–Trinajstić information content (AvgIpc) is 2.98. The van der Waals surface area contributed by atoms with Gasteiger partial charge >= 0.3 is 0 Å². The maximum absolute atomic E-state index is 11.3. The normalized spacial score (nSPS) is 17.7. The van der Waals surface area contributed by atoms with Gasteiger partial charge in [-0.3, -0.25) is 4.79 Å². The summed E-state index contributed by atoms with van der Waals surface area (Å²) in [6.45, 7) is 4.43. The molecule has 0 spiro atoms. The number of phenolic OH excluding ortho intramolecular Hbond substituents is 1. The van der Waals surface area contributed by atoms with E-state index in [1.165, 1.54) is 0 Å². The highest BCUT2D eigenvalue weighted by atomic mass is 16.3. The smallest absolute Gasteiger partial charge is 0.220 e. The fourth-order valence-corrected chi connectivity index (χ4v) is 3.37. The van der Waals surface area contributed by atoms with Gasteiger partial charge < -0.3 is 14.8 Å². The Balaban J connectivity index is 1.73. The van der Waals surface area contributed by atoms with Gasteiger partial charge in [0.2, 0.25) is 11.8 Å². The Hall–Kier alpha value is -2.89. The van der Waals surface area contributed by atoms with Crippen molar-refractivity contribution in [2.75, 3.05) is 6.54 Å². The zero-order valence-electron chi connectivity index (χ0n) is 14.2. The van der Waals surface area contributed by atoms with Crippen molar-refractivity contribution < 1.29 is 14.3 Å². The van der Waals surface area contributed by atoms with Crippen molar-refractivity contribution in [1.29, 1.82) is 0 Å². The second-order valence-electron chi connectivity index (χ2n) is 6.59. The van der Waals surface area contributed by atoms with E-state index < -0.39 is 0 Å². The van der Waals surface area contributed by atoms with Crippen LogP contribution < -0.4 is 5.32 Å². The molecule has 1 fully saturated rings. The van der Waals surface area contributed by atoms with Crippen LogP contribution in [0.4, 0.5) is 0 Å². The number of aromatic nitrogens is 2. The first-order valence-corrected chi connectivity index (χ1v) is 8.36. The highest BCUT2D eigenvalue weighted by Crippen LogP contribution is 2.34. The molecule has 6 nitrogen and oxygen atoms in total. The van der Waals surface area contributed by atoms with Crippen LogP contribution in [-0.2, 0) is 4.79 Å². The number of benzene rings is 1. The van der Waals surface area contributed by atoms with Gasteiger partial charge in [-0.1, -0.05) is 6.07 Å². The molecule has 1 aliphatic heterocycles. The van der Waals surface area contributed by atoms with Gasteiger partial charge in [-0.15, -0.1) is 0 Å². The van der Waals surface area contributed by atoms with Crippen LogP contribution in [0.15, 0.2) is 28.7 Å². The van der Waals surface area contributed by atoms with E-state index in [1.807, 2.05) is 32.0 Å². The molecule has 25 heavy (non-hydrogen) atoms. The molecule has 0 unspecified atom stereocenters. The van der Waals surface area contributed by atoms with Crippen molar-refractivity contribution in [3.05, 3.63) is 41.3 Å². The summed E-state index contributed by atoms with van der Waals surface area (Å²) >= 11 is 0. The lowest BCUT2D eigenvalue weighted by Crippen LogP contribution is -2.33. The molecule has 6 heteroatoms. The van der Waals surface area contributed by atoms with Crippen molar-refractivity contribution in [3.8, 4) is 17.0 Å². The zero-order chi connectivity index (χ0) is 17.6. The minimum Gasteiger partial charge on any atom is -0.507 e. The predicted octanol–water partition coefficient (Wildman–Crippen LogP) is 3.21. The molecule has 0 saturated carbocycles. The van der Waals surface area contributed by atoms with E-state index in [1.54, 1.807) is 6.07 Å². The zero-order valence-corrected chi connectivity index (χ0v) is 14.2. The number of phenols is 1. The van der Waals surface area contributed by atoms with Crippen LogP contribution in [0.25, 0.3) is 22.5 Å². The summed E-state index contributed by atoms with van der Waals surface area (Å²) in [5.41, 5.74) is 4.47. The number of nitrogens with zero attached hydrogens (tertiary/aromatic N) is 2. The average molecular weight is 337 g/mol. The number of rotatable bonds is 2. The van der Waals surface area contributed by atoms with Crippen molar-refractivity contribution in [2.45, 2.75) is 32.6 Å². The van der Waals surface area contributed by atoms with E-state index in [-0.39, 0.29) is 17.6 Å². The minimum absolute atomic E-state index is 0.0677. The van der Waals surface area contributed by atoms with Gasteiger partial charge in [0.25, 0.3) is 0 Å². The second-order valence-corrected chi connectivity index (χ2v) is 6.59. The number of fused-ring (bicyclic) bond motifs is 1. The van der Waals surface area contributed by atoms with Gasteiger partial charge in [0, 0.05) is 18.5 Å². The Morgan fingerprint density at radius 2 is 2.08 bits per heavy atom.